The van der Waals surface area contributed by atoms with Gasteiger partial charge in [-0.1, -0.05) is 30.3 Å². The van der Waals surface area contributed by atoms with Crippen molar-refractivity contribution in [2.24, 2.45) is 4.99 Å². The molecule has 0 bridgehead atoms. The third-order valence-electron chi connectivity index (χ3n) is 2.61. The van der Waals surface area contributed by atoms with Crippen LogP contribution in [0.2, 0.25) is 0 Å². The van der Waals surface area contributed by atoms with Crippen molar-refractivity contribution in [3.05, 3.63) is 35.9 Å². The third kappa shape index (κ3) is 2.61. The van der Waals surface area contributed by atoms with E-state index in [2.05, 4.69) is 22.4 Å². The number of ether oxygens (including phenoxy) is 1. The highest BCUT2D eigenvalue weighted by Gasteiger charge is 2.19. The smallest absolute Gasteiger partial charge is 0.139 e. The van der Waals surface area contributed by atoms with E-state index in [1.807, 2.05) is 25.1 Å². The van der Waals surface area contributed by atoms with E-state index in [1.165, 1.54) is 0 Å². The molecule has 0 saturated carbocycles. The van der Waals surface area contributed by atoms with Gasteiger partial charge < -0.3 is 10.1 Å². The molecule has 1 heterocycles. The fraction of sp³-hybridized carbons (Fsp3) is 0.462. The minimum Gasteiger partial charge on any atom is -0.371 e. The fourth-order valence-corrected chi connectivity index (χ4v) is 1.85. The van der Waals surface area contributed by atoms with Gasteiger partial charge in [-0.05, 0) is 18.9 Å². The summed E-state index contributed by atoms with van der Waals surface area (Å²) in [5.74, 6) is 0.972. The molecule has 0 amide bonds. The van der Waals surface area contributed by atoms with Gasteiger partial charge in [0.1, 0.15) is 11.9 Å². The minimum atomic E-state index is -0.0356. The van der Waals surface area contributed by atoms with Gasteiger partial charge in [-0.2, -0.15) is 0 Å². The molecule has 1 aromatic carbocycles. The molecule has 0 aromatic heterocycles. The van der Waals surface area contributed by atoms with Crippen molar-refractivity contribution in [1.29, 1.82) is 0 Å². The lowest BCUT2D eigenvalue weighted by Crippen LogP contribution is -2.35. The molecule has 3 heteroatoms. The van der Waals surface area contributed by atoms with Crippen molar-refractivity contribution < 1.29 is 4.74 Å². The number of benzene rings is 1. The number of hydrogen-bond acceptors (Lipinski definition) is 3. The Morgan fingerprint density at radius 1 is 1.38 bits per heavy atom. The normalized spacial score (nSPS) is 17.4. The molecule has 1 aliphatic rings. The molecule has 2 rings (SSSR count). The maximum Gasteiger partial charge on any atom is 0.139 e. The van der Waals surface area contributed by atoms with Crippen LogP contribution in [0.3, 0.4) is 0 Å². The molecule has 16 heavy (non-hydrogen) atoms. The molecule has 1 aromatic rings. The molecule has 0 spiro atoms. The van der Waals surface area contributed by atoms with Gasteiger partial charge in [0.25, 0.3) is 0 Å². The summed E-state index contributed by atoms with van der Waals surface area (Å²) in [6, 6.07) is 10.2. The van der Waals surface area contributed by atoms with Crippen molar-refractivity contribution >= 4 is 5.84 Å². The lowest BCUT2D eigenvalue weighted by atomic mass is 10.1. The Balaban J connectivity index is 2.19. The first kappa shape index (κ1) is 11.1. The molecular formula is C13H18N2O. The first-order valence-corrected chi connectivity index (χ1v) is 5.86. The van der Waals surface area contributed by atoms with E-state index in [4.69, 9.17) is 4.74 Å². The summed E-state index contributed by atoms with van der Waals surface area (Å²) in [4.78, 5) is 4.51. The number of aliphatic imine (C=N–C) groups is 1. The number of nitrogens with one attached hydrogen (secondary N) is 1. The Labute approximate surface area is 96.5 Å². The zero-order valence-electron chi connectivity index (χ0n) is 9.65. The first-order valence-electron chi connectivity index (χ1n) is 5.86. The van der Waals surface area contributed by atoms with E-state index in [1.54, 1.807) is 0 Å². The molecule has 0 unspecified atom stereocenters. The molecule has 0 radical (unpaired) electrons. The molecular weight excluding hydrogens is 200 g/mol. The van der Waals surface area contributed by atoms with Gasteiger partial charge in [0, 0.05) is 19.7 Å². The minimum absolute atomic E-state index is 0.0356. The van der Waals surface area contributed by atoms with Gasteiger partial charge in [0.05, 0.1) is 0 Å². The Morgan fingerprint density at radius 3 is 2.81 bits per heavy atom. The predicted octanol–water partition coefficient (Wildman–Crippen LogP) is 2.16. The average molecular weight is 218 g/mol. The van der Waals surface area contributed by atoms with E-state index in [0.717, 1.165) is 30.9 Å². The van der Waals surface area contributed by atoms with Crippen LogP contribution < -0.4 is 5.32 Å². The standard InChI is InChI=1S/C13H18N2O/c1-2-16-12(11-7-4-3-5-8-11)13-14-9-6-10-15-13/h3-5,7-8,12H,2,6,9-10H2,1H3,(H,14,15)/t12-/m0/s1. The average Bonchev–Trinajstić information content (AvgIpc) is 2.38. The van der Waals surface area contributed by atoms with Gasteiger partial charge in [-0.15, -0.1) is 0 Å². The second-order valence-electron chi connectivity index (χ2n) is 3.79. The summed E-state index contributed by atoms with van der Waals surface area (Å²) in [7, 11) is 0. The molecule has 1 aliphatic heterocycles. The predicted molar refractivity (Wildman–Crippen MR) is 65.7 cm³/mol. The van der Waals surface area contributed by atoms with Crippen molar-refractivity contribution in [1.82, 2.24) is 5.32 Å². The highest BCUT2D eigenvalue weighted by Crippen LogP contribution is 2.19. The summed E-state index contributed by atoms with van der Waals surface area (Å²) in [6.07, 6.45) is 1.07. The van der Waals surface area contributed by atoms with Crippen LogP contribution in [0, 0.1) is 0 Å². The van der Waals surface area contributed by atoms with E-state index in [0.29, 0.717) is 6.61 Å². The van der Waals surface area contributed by atoms with E-state index >= 15 is 0 Å². The summed E-state index contributed by atoms with van der Waals surface area (Å²) in [5, 5.41) is 3.33. The van der Waals surface area contributed by atoms with Crippen molar-refractivity contribution in [3.63, 3.8) is 0 Å². The Morgan fingerprint density at radius 2 is 2.19 bits per heavy atom. The van der Waals surface area contributed by atoms with Crippen LogP contribution in [-0.4, -0.2) is 25.5 Å². The molecule has 86 valence electrons. The van der Waals surface area contributed by atoms with E-state index in [9.17, 15) is 0 Å². The zero-order chi connectivity index (χ0) is 11.2. The van der Waals surface area contributed by atoms with Gasteiger partial charge >= 0.3 is 0 Å². The summed E-state index contributed by atoms with van der Waals surface area (Å²) in [5.41, 5.74) is 1.16. The Bertz CT molecular complexity index is 348. The lowest BCUT2D eigenvalue weighted by Gasteiger charge is -2.23. The molecule has 0 fully saturated rings. The van der Waals surface area contributed by atoms with Crippen LogP contribution in [0.25, 0.3) is 0 Å². The fourth-order valence-electron chi connectivity index (χ4n) is 1.85. The van der Waals surface area contributed by atoms with Crippen LogP contribution in [0.5, 0.6) is 0 Å². The van der Waals surface area contributed by atoms with Crippen LogP contribution in [0.4, 0.5) is 0 Å². The van der Waals surface area contributed by atoms with Gasteiger partial charge in [-0.25, -0.2) is 0 Å². The number of hydrogen-bond donors (Lipinski definition) is 1. The second kappa shape index (κ2) is 5.66. The van der Waals surface area contributed by atoms with Crippen molar-refractivity contribution in [2.45, 2.75) is 19.4 Å². The monoisotopic (exact) mass is 218 g/mol. The largest absolute Gasteiger partial charge is 0.371 e. The van der Waals surface area contributed by atoms with Crippen molar-refractivity contribution in [2.75, 3.05) is 19.7 Å². The quantitative estimate of drug-likeness (QED) is 0.840. The van der Waals surface area contributed by atoms with Crippen LogP contribution in [0.15, 0.2) is 35.3 Å². The third-order valence-corrected chi connectivity index (χ3v) is 2.61. The van der Waals surface area contributed by atoms with Gasteiger partial charge in [-0.3, -0.25) is 4.99 Å². The number of amidine groups is 1. The topological polar surface area (TPSA) is 33.6 Å². The Hall–Kier alpha value is -1.35. The summed E-state index contributed by atoms with van der Waals surface area (Å²) >= 11 is 0. The Kier molecular flexibility index (Phi) is 3.94. The molecule has 1 N–H and O–H groups in total. The maximum atomic E-state index is 5.77. The van der Waals surface area contributed by atoms with Gasteiger partial charge in [0.15, 0.2) is 0 Å². The summed E-state index contributed by atoms with van der Waals surface area (Å²) in [6.45, 7) is 4.60. The zero-order valence-corrected chi connectivity index (χ0v) is 9.65. The first-order chi connectivity index (χ1) is 7.92. The van der Waals surface area contributed by atoms with Crippen LogP contribution >= 0.6 is 0 Å². The highest BCUT2D eigenvalue weighted by molar-refractivity contribution is 5.88. The molecule has 0 saturated heterocycles. The highest BCUT2D eigenvalue weighted by atomic mass is 16.5. The number of rotatable bonds is 4. The second-order valence-corrected chi connectivity index (χ2v) is 3.79. The van der Waals surface area contributed by atoms with Crippen LogP contribution in [-0.2, 0) is 4.74 Å². The van der Waals surface area contributed by atoms with E-state index < -0.39 is 0 Å². The van der Waals surface area contributed by atoms with Crippen molar-refractivity contribution in [3.8, 4) is 0 Å². The SMILES string of the molecule is CCO[C@H](C1=NCCCN1)c1ccccc1. The van der Waals surface area contributed by atoms with Crippen LogP contribution in [0.1, 0.15) is 25.0 Å². The van der Waals surface area contributed by atoms with Gasteiger partial charge in [0.2, 0.25) is 0 Å². The molecule has 0 aliphatic carbocycles. The molecule has 1 atom stereocenters. The molecule has 3 nitrogen and oxygen atoms in total. The maximum absolute atomic E-state index is 5.77. The lowest BCUT2D eigenvalue weighted by molar-refractivity contribution is 0.107. The number of nitrogens with zero attached hydrogens (tertiary/aromatic N) is 1. The van der Waals surface area contributed by atoms with E-state index in [-0.39, 0.29) is 6.10 Å². The summed E-state index contributed by atoms with van der Waals surface area (Å²) < 4.78 is 5.77.